The maximum absolute atomic E-state index is 12.0. The number of rotatable bonds is 5. The second-order valence-corrected chi connectivity index (χ2v) is 7.21. The first-order chi connectivity index (χ1) is 10.5. The summed E-state index contributed by atoms with van der Waals surface area (Å²) in [5, 5.41) is 3.77. The van der Waals surface area contributed by atoms with Gasteiger partial charge in [0.15, 0.2) is 9.84 Å². The molecule has 2 aromatic rings. The van der Waals surface area contributed by atoms with E-state index in [0.29, 0.717) is 18.9 Å². The predicted molar refractivity (Wildman–Crippen MR) is 78.4 cm³/mol. The number of amides is 1. The maximum atomic E-state index is 12.0. The van der Waals surface area contributed by atoms with Crippen LogP contribution in [0.2, 0.25) is 0 Å². The largest absolute Gasteiger partial charge is 0.342 e. The molecule has 1 aliphatic rings. The number of hydrogen-bond acceptors (Lipinski definition) is 6. The van der Waals surface area contributed by atoms with E-state index in [4.69, 9.17) is 4.52 Å². The number of carbonyl (C=O) groups excluding carboxylic acids is 1. The predicted octanol–water partition coefficient (Wildman–Crippen LogP) is 0.884. The van der Waals surface area contributed by atoms with Crippen molar-refractivity contribution in [1.29, 1.82) is 0 Å². The van der Waals surface area contributed by atoms with E-state index < -0.39 is 21.3 Å². The van der Waals surface area contributed by atoms with Crippen LogP contribution in [-0.2, 0) is 20.4 Å². The monoisotopic (exact) mass is 321 g/mol. The van der Waals surface area contributed by atoms with Gasteiger partial charge in [-0.2, -0.15) is 4.98 Å². The van der Waals surface area contributed by atoms with Crippen molar-refractivity contribution in [2.24, 2.45) is 0 Å². The van der Waals surface area contributed by atoms with Crippen LogP contribution in [0.3, 0.4) is 0 Å². The average molecular weight is 321 g/mol. The first-order valence-electron chi connectivity index (χ1n) is 6.90. The number of sulfone groups is 1. The molecule has 0 aliphatic carbocycles. The summed E-state index contributed by atoms with van der Waals surface area (Å²) in [6, 6.07) is 9.12. The number of aromatic nitrogens is 2. The van der Waals surface area contributed by atoms with Gasteiger partial charge in [-0.15, -0.1) is 0 Å². The fourth-order valence-corrected chi connectivity index (χ4v) is 3.26. The van der Waals surface area contributed by atoms with Crippen LogP contribution in [0.4, 0.5) is 0 Å². The van der Waals surface area contributed by atoms with E-state index in [-0.39, 0.29) is 11.8 Å². The minimum Gasteiger partial charge on any atom is -0.342 e. The summed E-state index contributed by atoms with van der Waals surface area (Å²) in [5.74, 6) is -0.980. The zero-order valence-electron chi connectivity index (χ0n) is 11.8. The van der Waals surface area contributed by atoms with Gasteiger partial charge in [0.05, 0.1) is 0 Å². The highest BCUT2D eigenvalue weighted by molar-refractivity contribution is 7.91. The Labute approximate surface area is 127 Å². The molecular weight excluding hydrogens is 306 g/mol. The molecule has 1 saturated heterocycles. The minimum atomic E-state index is -3.61. The smallest absolute Gasteiger partial charge is 0.242 e. The van der Waals surface area contributed by atoms with Gasteiger partial charge in [0.25, 0.3) is 0 Å². The molecule has 1 aromatic carbocycles. The molecule has 22 heavy (non-hydrogen) atoms. The van der Waals surface area contributed by atoms with E-state index in [9.17, 15) is 13.2 Å². The zero-order chi connectivity index (χ0) is 15.6. The van der Waals surface area contributed by atoms with Crippen molar-refractivity contribution < 1.29 is 17.7 Å². The van der Waals surface area contributed by atoms with Crippen molar-refractivity contribution in [1.82, 2.24) is 15.0 Å². The van der Waals surface area contributed by atoms with Crippen LogP contribution >= 0.6 is 0 Å². The van der Waals surface area contributed by atoms with Gasteiger partial charge in [0.2, 0.25) is 17.6 Å². The second-order valence-electron chi connectivity index (χ2n) is 5.14. The Morgan fingerprint density at radius 1 is 1.23 bits per heavy atom. The molecule has 1 amide bonds. The van der Waals surface area contributed by atoms with E-state index >= 15 is 0 Å². The van der Waals surface area contributed by atoms with Gasteiger partial charge >= 0.3 is 0 Å². The first-order valence-corrected chi connectivity index (χ1v) is 8.72. The van der Waals surface area contributed by atoms with Crippen LogP contribution in [0.15, 0.2) is 34.9 Å². The van der Waals surface area contributed by atoms with Crippen molar-refractivity contribution in [3.05, 3.63) is 36.2 Å². The molecule has 0 unspecified atom stereocenters. The van der Waals surface area contributed by atoms with Gasteiger partial charge in [-0.3, -0.25) is 4.79 Å². The summed E-state index contributed by atoms with van der Waals surface area (Å²) in [6.07, 6.45) is 0.926. The fourth-order valence-electron chi connectivity index (χ4n) is 2.10. The van der Waals surface area contributed by atoms with E-state index in [1.54, 1.807) is 12.1 Å². The third-order valence-corrected chi connectivity index (χ3v) is 4.77. The Bertz CT molecular complexity index is 766. The van der Waals surface area contributed by atoms with E-state index in [0.717, 1.165) is 12.0 Å². The highest BCUT2D eigenvalue weighted by Gasteiger charge is 2.27. The van der Waals surface area contributed by atoms with Crippen molar-refractivity contribution in [3.8, 4) is 11.4 Å². The van der Waals surface area contributed by atoms with Gasteiger partial charge in [-0.1, -0.05) is 35.5 Å². The van der Waals surface area contributed by atoms with E-state index in [1.807, 2.05) is 18.2 Å². The Morgan fingerprint density at radius 3 is 2.59 bits per heavy atom. The molecule has 1 aromatic heterocycles. The fraction of sp³-hybridized carbons (Fsp3) is 0.357. The summed E-state index contributed by atoms with van der Waals surface area (Å²) in [7, 11) is -3.61. The summed E-state index contributed by atoms with van der Waals surface area (Å²) in [5.41, 5.74) is 0.742. The van der Waals surface area contributed by atoms with Crippen LogP contribution in [0, 0.1) is 0 Å². The van der Waals surface area contributed by atoms with Gasteiger partial charge in [-0.25, -0.2) is 8.42 Å². The van der Waals surface area contributed by atoms with E-state index in [2.05, 4.69) is 10.1 Å². The number of likely N-dealkylation sites (tertiary alicyclic amines) is 1. The lowest BCUT2D eigenvalue weighted by Gasteiger charge is -2.30. The lowest BCUT2D eigenvalue weighted by atomic mass is 10.2. The molecular formula is C14H15N3O4S. The molecule has 116 valence electrons. The molecule has 2 heterocycles. The molecule has 8 heteroatoms. The van der Waals surface area contributed by atoms with Gasteiger partial charge in [0.1, 0.15) is 11.5 Å². The summed E-state index contributed by atoms with van der Waals surface area (Å²) in [4.78, 5) is 17.3. The molecule has 7 nitrogen and oxygen atoms in total. The summed E-state index contributed by atoms with van der Waals surface area (Å²) < 4.78 is 29.0. The third-order valence-electron chi connectivity index (χ3n) is 3.40. The quantitative estimate of drug-likeness (QED) is 0.811. The number of carbonyl (C=O) groups is 1. The topological polar surface area (TPSA) is 93.4 Å². The molecule has 0 atom stereocenters. The Kier molecular flexibility index (Phi) is 3.93. The third kappa shape index (κ3) is 3.33. The van der Waals surface area contributed by atoms with Crippen LogP contribution < -0.4 is 0 Å². The molecule has 0 radical (unpaired) electrons. The SMILES string of the molecule is O=C(CS(=O)(=O)Cc1nc(-c2ccccc2)no1)N1CCC1. The van der Waals surface area contributed by atoms with Crippen molar-refractivity contribution in [2.45, 2.75) is 12.2 Å². The Balaban J connectivity index is 1.67. The normalized spacial score (nSPS) is 14.6. The molecule has 0 saturated carbocycles. The van der Waals surface area contributed by atoms with Gasteiger partial charge in [0, 0.05) is 18.7 Å². The van der Waals surface area contributed by atoms with Crippen molar-refractivity contribution in [2.75, 3.05) is 18.8 Å². The standard InChI is InChI=1S/C14H15N3O4S/c18-13(17-7-4-8-17)10-22(19,20)9-12-15-14(16-21-12)11-5-2-1-3-6-11/h1-3,5-6H,4,7-10H2. The number of hydrogen-bond donors (Lipinski definition) is 0. The Hall–Kier alpha value is -2.22. The maximum Gasteiger partial charge on any atom is 0.242 e. The molecule has 0 spiro atoms. The molecule has 0 N–H and O–H groups in total. The first kappa shape index (κ1) is 14.7. The second kappa shape index (κ2) is 5.88. The molecule has 3 rings (SSSR count). The molecule has 0 bridgehead atoms. The van der Waals surface area contributed by atoms with Crippen LogP contribution in [0.1, 0.15) is 12.3 Å². The zero-order valence-corrected chi connectivity index (χ0v) is 12.6. The lowest BCUT2D eigenvalue weighted by molar-refractivity contribution is -0.131. The molecule has 1 fully saturated rings. The average Bonchev–Trinajstić information content (AvgIpc) is 2.84. The number of nitrogens with zero attached hydrogens (tertiary/aromatic N) is 3. The lowest BCUT2D eigenvalue weighted by Crippen LogP contribution is -2.44. The molecule has 1 aliphatic heterocycles. The van der Waals surface area contributed by atoms with Crippen LogP contribution in [0.5, 0.6) is 0 Å². The van der Waals surface area contributed by atoms with Crippen molar-refractivity contribution in [3.63, 3.8) is 0 Å². The summed E-state index contributed by atoms with van der Waals surface area (Å²) >= 11 is 0. The van der Waals surface area contributed by atoms with Crippen LogP contribution in [-0.4, -0.2) is 48.2 Å². The number of benzene rings is 1. The van der Waals surface area contributed by atoms with Gasteiger partial charge in [-0.05, 0) is 6.42 Å². The van der Waals surface area contributed by atoms with Gasteiger partial charge < -0.3 is 9.42 Å². The Morgan fingerprint density at radius 2 is 1.95 bits per heavy atom. The van der Waals surface area contributed by atoms with Crippen LogP contribution in [0.25, 0.3) is 11.4 Å². The highest BCUT2D eigenvalue weighted by atomic mass is 32.2. The summed E-state index contributed by atoms with van der Waals surface area (Å²) in [6.45, 7) is 1.26. The van der Waals surface area contributed by atoms with Crippen molar-refractivity contribution >= 4 is 15.7 Å². The van der Waals surface area contributed by atoms with E-state index in [1.165, 1.54) is 4.90 Å². The minimum absolute atomic E-state index is 0.00439. The highest BCUT2D eigenvalue weighted by Crippen LogP contribution is 2.16.